The van der Waals surface area contributed by atoms with Crippen molar-refractivity contribution < 1.29 is 0 Å². The van der Waals surface area contributed by atoms with Gasteiger partial charge in [0.15, 0.2) is 0 Å². The largest absolute Gasteiger partial charge is 0.393 e. The van der Waals surface area contributed by atoms with Gasteiger partial charge in [0, 0.05) is 6.54 Å². The summed E-state index contributed by atoms with van der Waals surface area (Å²) < 4.78 is 0. The van der Waals surface area contributed by atoms with Crippen LogP contribution in [0.15, 0.2) is 0 Å². The monoisotopic (exact) mass is 242 g/mol. The maximum absolute atomic E-state index is 5.49. The number of likely N-dealkylation sites (tertiary alicyclic amines) is 1. The van der Waals surface area contributed by atoms with Gasteiger partial charge in [-0.1, -0.05) is 26.1 Å². The second kappa shape index (κ2) is 6.55. The molecule has 0 unspecified atom stereocenters. The topological polar surface area (TPSA) is 29.3 Å². The van der Waals surface area contributed by atoms with E-state index in [0.29, 0.717) is 10.4 Å². The number of thiocarbonyl (C=S) groups is 1. The van der Waals surface area contributed by atoms with Crippen LogP contribution < -0.4 is 5.73 Å². The molecule has 0 spiro atoms. The van der Waals surface area contributed by atoms with Crippen molar-refractivity contribution in [2.45, 2.75) is 52.4 Å². The summed E-state index contributed by atoms with van der Waals surface area (Å²) in [5.74, 6) is 0. The zero-order chi connectivity index (χ0) is 12.0. The normalized spacial score (nSPS) is 20.1. The Kier molecular flexibility index (Phi) is 5.70. The van der Waals surface area contributed by atoms with Crippen molar-refractivity contribution in [1.29, 1.82) is 0 Å². The highest BCUT2D eigenvalue weighted by molar-refractivity contribution is 7.80. The van der Waals surface area contributed by atoms with Crippen LogP contribution in [0.2, 0.25) is 0 Å². The molecule has 0 radical (unpaired) electrons. The Balaban J connectivity index is 2.18. The maximum atomic E-state index is 5.49. The van der Waals surface area contributed by atoms with Gasteiger partial charge in [0.25, 0.3) is 0 Å². The van der Waals surface area contributed by atoms with Crippen LogP contribution in [0.3, 0.4) is 0 Å². The number of rotatable bonds is 7. The van der Waals surface area contributed by atoms with Crippen LogP contribution in [-0.4, -0.2) is 29.5 Å². The number of hydrogen-bond acceptors (Lipinski definition) is 2. The predicted octanol–water partition coefficient (Wildman–Crippen LogP) is 2.95. The standard InChI is InChI=1S/C13H26N2S/c1-3-13(4-2)8-10-15(11-13)9-6-5-7-12(14)16/h3-11H2,1-2H3,(H2,14,16). The molecule has 1 rings (SSSR count). The molecule has 94 valence electrons. The van der Waals surface area contributed by atoms with Crippen LogP contribution >= 0.6 is 12.2 Å². The highest BCUT2D eigenvalue weighted by Crippen LogP contribution is 2.36. The lowest BCUT2D eigenvalue weighted by Crippen LogP contribution is -2.27. The molecule has 0 amide bonds. The first kappa shape index (κ1) is 13.9. The molecule has 2 N–H and O–H groups in total. The van der Waals surface area contributed by atoms with E-state index >= 15 is 0 Å². The van der Waals surface area contributed by atoms with Crippen LogP contribution in [0.5, 0.6) is 0 Å². The molecule has 2 nitrogen and oxygen atoms in total. The summed E-state index contributed by atoms with van der Waals surface area (Å²) in [5.41, 5.74) is 6.10. The summed E-state index contributed by atoms with van der Waals surface area (Å²) in [7, 11) is 0. The van der Waals surface area contributed by atoms with Crippen molar-refractivity contribution >= 4 is 17.2 Å². The fourth-order valence-corrected chi connectivity index (χ4v) is 2.82. The molecule has 0 bridgehead atoms. The summed E-state index contributed by atoms with van der Waals surface area (Å²) in [6.45, 7) is 8.48. The van der Waals surface area contributed by atoms with Gasteiger partial charge in [0.1, 0.15) is 0 Å². The summed E-state index contributed by atoms with van der Waals surface area (Å²) in [5, 5.41) is 0. The lowest BCUT2D eigenvalue weighted by atomic mass is 9.82. The van der Waals surface area contributed by atoms with Gasteiger partial charge in [-0.25, -0.2) is 0 Å². The summed E-state index contributed by atoms with van der Waals surface area (Å²) in [6.07, 6.45) is 7.34. The Hall–Kier alpha value is -0.150. The third-order valence-electron chi connectivity index (χ3n) is 4.16. The predicted molar refractivity (Wildman–Crippen MR) is 74.7 cm³/mol. The molecule has 1 fully saturated rings. The SMILES string of the molecule is CCC1(CC)CCN(CCCCC(N)=S)C1. The van der Waals surface area contributed by atoms with Crippen molar-refractivity contribution in [2.75, 3.05) is 19.6 Å². The van der Waals surface area contributed by atoms with Gasteiger partial charge in [-0.3, -0.25) is 0 Å². The maximum Gasteiger partial charge on any atom is 0.0727 e. The molecule has 0 aromatic heterocycles. The number of unbranched alkanes of at least 4 members (excludes halogenated alkanes) is 1. The van der Waals surface area contributed by atoms with Crippen LogP contribution in [0.4, 0.5) is 0 Å². The first-order chi connectivity index (χ1) is 7.62. The van der Waals surface area contributed by atoms with E-state index in [1.54, 1.807) is 0 Å². The van der Waals surface area contributed by atoms with Crippen molar-refractivity contribution in [3.63, 3.8) is 0 Å². The quantitative estimate of drug-likeness (QED) is 0.550. The van der Waals surface area contributed by atoms with Crippen molar-refractivity contribution in [1.82, 2.24) is 4.90 Å². The van der Waals surface area contributed by atoms with Crippen LogP contribution in [0.1, 0.15) is 52.4 Å². The summed E-state index contributed by atoms with van der Waals surface area (Å²) in [6, 6.07) is 0. The minimum atomic E-state index is 0.614. The molecule has 1 heterocycles. The zero-order valence-electron chi connectivity index (χ0n) is 10.8. The fourth-order valence-electron chi connectivity index (χ4n) is 2.68. The summed E-state index contributed by atoms with van der Waals surface area (Å²) >= 11 is 4.88. The van der Waals surface area contributed by atoms with E-state index in [-0.39, 0.29) is 0 Å². The highest BCUT2D eigenvalue weighted by Gasteiger charge is 2.34. The van der Waals surface area contributed by atoms with Gasteiger partial charge in [-0.2, -0.15) is 0 Å². The lowest BCUT2D eigenvalue weighted by molar-refractivity contribution is 0.238. The molecule has 0 saturated carbocycles. The first-order valence-electron chi connectivity index (χ1n) is 6.62. The number of hydrogen-bond donors (Lipinski definition) is 1. The molecule has 0 aliphatic carbocycles. The second-order valence-corrected chi connectivity index (χ2v) is 5.68. The second-order valence-electron chi connectivity index (χ2n) is 5.16. The van der Waals surface area contributed by atoms with Gasteiger partial charge < -0.3 is 10.6 Å². The van der Waals surface area contributed by atoms with Crippen LogP contribution in [-0.2, 0) is 0 Å². The Labute approximate surface area is 106 Å². The molecule has 0 atom stereocenters. The average Bonchev–Trinajstić information content (AvgIpc) is 2.69. The van der Waals surface area contributed by atoms with Crippen molar-refractivity contribution in [2.24, 2.45) is 11.1 Å². The Morgan fingerprint density at radius 3 is 2.50 bits per heavy atom. The van der Waals surface area contributed by atoms with Crippen LogP contribution in [0.25, 0.3) is 0 Å². The Morgan fingerprint density at radius 2 is 2.00 bits per heavy atom. The molecule has 0 aromatic carbocycles. The number of nitrogens with two attached hydrogens (primary N) is 1. The Bertz CT molecular complexity index is 224. The van der Waals surface area contributed by atoms with E-state index in [1.807, 2.05) is 0 Å². The molecule has 1 saturated heterocycles. The van der Waals surface area contributed by atoms with Crippen LogP contribution in [0, 0.1) is 5.41 Å². The van der Waals surface area contributed by atoms with E-state index in [1.165, 1.54) is 45.3 Å². The van der Waals surface area contributed by atoms with E-state index in [4.69, 9.17) is 18.0 Å². The molecular formula is C13H26N2S. The van der Waals surface area contributed by atoms with Crippen molar-refractivity contribution in [3.05, 3.63) is 0 Å². The van der Waals surface area contributed by atoms with E-state index in [9.17, 15) is 0 Å². The minimum absolute atomic E-state index is 0.614. The third kappa shape index (κ3) is 4.02. The smallest absolute Gasteiger partial charge is 0.0727 e. The molecule has 1 aliphatic rings. The van der Waals surface area contributed by atoms with E-state index in [2.05, 4.69) is 18.7 Å². The average molecular weight is 242 g/mol. The van der Waals surface area contributed by atoms with Gasteiger partial charge in [0.05, 0.1) is 4.99 Å². The fraction of sp³-hybridized carbons (Fsp3) is 0.923. The molecular weight excluding hydrogens is 216 g/mol. The van der Waals surface area contributed by atoms with Gasteiger partial charge >= 0.3 is 0 Å². The molecule has 3 heteroatoms. The third-order valence-corrected chi connectivity index (χ3v) is 4.37. The van der Waals surface area contributed by atoms with E-state index < -0.39 is 0 Å². The van der Waals surface area contributed by atoms with Gasteiger partial charge in [0.2, 0.25) is 0 Å². The number of nitrogens with zero attached hydrogens (tertiary/aromatic N) is 1. The molecule has 16 heavy (non-hydrogen) atoms. The van der Waals surface area contributed by atoms with E-state index in [0.717, 1.165) is 12.8 Å². The Morgan fingerprint density at radius 1 is 1.31 bits per heavy atom. The highest BCUT2D eigenvalue weighted by atomic mass is 32.1. The van der Waals surface area contributed by atoms with Gasteiger partial charge in [-0.15, -0.1) is 0 Å². The lowest BCUT2D eigenvalue weighted by Gasteiger charge is -2.26. The molecule has 0 aromatic rings. The van der Waals surface area contributed by atoms with Gasteiger partial charge in [-0.05, 0) is 57.0 Å². The minimum Gasteiger partial charge on any atom is -0.393 e. The zero-order valence-corrected chi connectivity index (χ0v) is 11.6. The molecule has 1 aliphatic heterocycles. The summed E-state index contributed by atoms with van der Waals surface area (Å²) in [4.78, 5) is 3.28. The first-order valence-corrected chi connectivity index (χ1v) is 7.03. The van der Waals surface area contributed by atoms with Crippen molar-refractivity contribution in [3.8, 4) is 0 Å².